The van der Waals surface area contributed by atoms with Crippen LogP contribution >= 0.6 is 11.3 Å². The lowest BCUT2D eigenvalue weighted by atomic mass is 10.0. The van der Waals surface area contributed by atoms with E-state index in [4.69, 9.17) is 0 Å². The molecule has 0 aromatic carbocycles. The molecule has 0 N–H and O–H groups in total. The summed E-state index contributed by atoms with van der Waals surface area (Å²) in [6.07, 6.45) is 0. The highest BCUT2D eigenvalue weighted by atomic mass is 32.1. The molecule has 0 spiro atoms. The number of rotatable bonds is 2. The van der Waals surface area contributed by atoms with E-state index in [0.717, 1.165) is 4.88 Å². The second kappa shape index (κ2) is 3.18. The van der Waals surface area contributed by atoms with E-state index in [2.05, 4.69) is 13.8 Å². The van der Waals surface area contributed by atoms with Crippen LogP contribution in [0, 0.1) is 0 Å². The van der Waals surface area contributed by atoms with E-state index in [0.29, 0.717) is 5.92 Å². The summed E-state index contributed by atoms with van der Waals surface area (Å²) in [5.41, 5.74) is 1.18. The van der Waals surface area contributed by atoms with Crippen LogP contribution in [0.2, 0.25) is 0 Å². The highest BCUT2D eigenvalue weighted by Crippen LogP contribution is 2.24. The van der Waals surface area contributed by atoms with Gasteiger partial charge >= 0.3 is 0 Å². The molecule has 0 radical (unpaired) electrons. The Balaban J connectivity index is 3.06. The highest BCUT2D eigenvalue weighted by molar-refractivity contribution is 7.12. The quantitative estimate of drug-likeness (QED) is 0.620. The monoisotopic (exact) mass is 168 g/mol. The Labute approximate surface area is 71.1 Å². The summed E-state index contributed by atoms with van der Waals surface area (Å²) in [6, 6.07) is 2.03. The smallest absolute Gasteiger partial charge is 0.169 e. The number of ketones is 1. The summed E-state index contributed by atoms with van der Waals surface area (Å²) in [5.74, 6) is 0.642. The summed E-state index contributed by atoms with van der Waals surface area (Å²) in [6.45, 7) is 5.83. The van der Waals surface area contributed by atoms with E-state index in [1.165, 1.54) is 16.9 Å². The fourth-order valence-electron chi connectivity index (χ4n) is 1.06. The molecule has 0 aliphatic carbocycles. The number of carbonyl (C=O) groups is 1. The van der Waals surface area contributed by atoms with Crippen molar-refractivity contribution in [2.24, 2.45) is 0 Å². The first-order valence-corrected chi connectivity index (χ1v) is 4.59. The average molecular weight is 168 g/mol. The van der Waals surface area contributed by atoms with Crippen molar-refractivity contribution in [3.8, 4) is 0 Å². The number of carbonyl (C=O) groups excluding carboxylic acids is 1. The largest absolute Gasteiger partial charge is 0.294 e. The van der Waals surface area contributed by atoms with Gasteiger partial charge in [-0.2, -0.15) is 0 Å². The summed E-state index contributed by atoms with van der Waals surface area (Å²) >= 11 is 1.54. The first kappa shape index (κ1) is 8.47. The van der Waals surface area contributed by atoms with Gasteiger partial charge in [-0.25, -0.2) is 0 Å². The molecule has 0 fully saturated rings. The van der Waals surface area contributed by atoms with Crippen molar-refractivity contribution in [3.63, 3.8) is 0 Å². The third-order valence-electron chi connectivity index (χ3n) is 1.64. The first-order chi connectivity index (χ1) is 5.13. The van der Waals surface area contributed by atoms with Crippen molar-refractivity contribution in [2.45, 2.75) is 26.7 Å². The van der Waals surface area contributed by atoms with Gasteiger partial charge in [-0.05, 0) is 29.9 Å². The van der Waals surface area contributed by atoms with Crippen molar-refractivity contribution < 1.29 is 4.79 Å². The van der Waals surface area contributed by atoms with Crippen LogP contribution in [0.5, 0.6) is 0 Å². The third kappa shape index (κ3) is 1.69. The molecular weight excluding hydrogens is 156 g/mol. The second-order valence-corrected chi connectivity index (χ2v) is 3.83. The Hall–Kier alpha value is -0.630. The maximum Gasteiger partial charge on any atom is 0.169 e. The van der Waals surface area contributed by atoms with Crippen LogP contribution in [-0.2, 0) is 0 Å². The Morgan fingerprint density at radius 3 is 2.55 bits per heavy atom. The first-order valence-electron chi connectivity index (χ1n) is 3.71. The summed E-state index contributed by atoms with van der Waals surface area (Å²) in [5, 5.41) is 1.98. The topological polar surface area (TPSA) is 17.1 Å². The Kier molecular flexibility index (Phi) is 2.45. The predicted molar refractivity (Wildman–Crippen MR) is 48.4 cm³/mol. The minimum atomic E-state index is 0.184. The minimum absolute atomic E-state index is 0.184. The van der Waals surface area contributed by atoms with E-state index in [9.17, 15) is 4.79 Å². The van der Waals surface area contributed by atoms with E-state index >= 15 is 0 Å². The Morgan fingerprint density at radius 1 is 1.55 bits per heavy atom. The third-order valence-corrected chi connectivity index (χ3v) is 2.67. The van der Waals surface area contributed by atoms with E-state index in [-0.39, 0.29) is 5.78 Å². The summed E-state index contributed by atoms with van der Waals surface area (Å²) in [4.78, 5) is 12.0. The zero-order valence-electron chi connectivity index (χ0n) is 7.05. The van der Waals surface area contributed by atoms with Gasteiger partial charge in [0.25, 0.3) is 0 Å². The molecule has 0 bridgehead atoms. The van der Waals surface area contributed by atoms with Crippen LogP contribution in [0.15, 0.2) is 11.4 Å². The van der Waals surface area contributed by atoms with Gasteiger partial charge in [0, 0.05) is 0 Å². The molecule has 1 heterocycles. The van der Waals surface area contributed by atoms with Gasteiger partial charge in [0.05, 0.1) is 4.88 Å². The molecule has 60 valence electrons. The predicted octanol–water partition coefficient (Wildman–Crippen LogP) is 3.07. The van der Waals surface area contributed by atoms with Crippen LogP contribution in [0.3, 0.4) is 0 Å². The van der Waals surface area contributed by atoms with Gasteiger partial charge in [0.2, 0.25) is 0 Å². The molecule has 0 atom stereocenters. The maximum atomic E-state index is 11.0. The zero-order valence-corrected chi connectivity index (χ0v) is 7.87. The molecule has 1 aromatic heterocycles. The van der Waals surface area contributed by atoms with Gasteiger partial charge in [-0.15, -0.1) is 11.3 Å². The highest BCUT2D eigenvalue weighted by Gasteiger charge is 2.10. The molecule has 0 amide bonds. The van der Waals surface area contributed by atoms with E-state index in [1.807, 2.05) is 11.4 Å². The van der Waals surface area contributed by atoms with Crippen LogP contribution < -0.4 is 0 Å². The minimum Gasteiger partial charge on any atom is -0.294 e. The van der Waals surface area contributed by atoms with Crippen LogP contribution in [0.25, 0.3) is 0 Å². The molecular formula is C9H12OS. The molecule has 11 heavy (non-hydrogen) atoms. The molecule has 0 aliphatic heterocycles. The van der Waals surface area contributed by atoms with Crippen molar-refractivity contribution in [2.75, 3.05) is 0 Å². The number of thiophene rings is 1. The number of Topliss-reactive ketones (excluding diaryl/α,β-unsaturated/α-hetero) is 1. The average Bonchev–Trinajstić information content (AvgIpc) is 2.32. The standard InChI is InChI=1S/C9H12OS/c1-6(2)8-4-5-11-9(8)7(3)10/h4-6H,1-3H3. The number of hydrogen-bond donors (Lipinski definition) is 0. The molecule has 0 saturated carbocycles. The lowest BCUT2D eigenvalue weighted by Gasteiger charge is -2.02. The summed E-state index contributed by atoms with van der Waals surface area (Å²) < 4.78 is 0. The fourth-order valence-corrected chi connectivity index (χ4v) is 2.02. The van der Waals surface area contributed by atoms with Crippen molar-refractivity contribution in [1.82, 2.24) is 0 Å². The van der Waals surface area contributed by atoms with Gasteiger partial charge < -0.3 is 0 Å². The lowest BCUT2D eigenvalue weighted by Crippen LogP contribution is -1.95. The lowest BCUT2D eigenvalue weighted by molar-refractivity contribution is 0.102. The van der Waals surface area contributed by atoms with Crippen LogP contribution in [-0.4, -0.2) is 5.78 Å². The zero-order chi connectivity index (χ0) is 8.43. The summed E-state index contributed by atoms with van der Waals surface area (Å²) in [7, 11) is 0. The fraction of sp³-hybridized carbons (Fsp3) is 0.444. The normalized spacial score (nSPS) is 10.5. The molecule has 0 aliphatic rings. The van der Waals surface area contributed by atoms with Gasteiger partial charge in [-0.3, -0.25) is 4.79 Å². The number of hydrogen-bond acceptors (Lipinski definition) is 2. The van der Waals surface area contributed by atoms with E-state index < -0.39 is 0 Å². The van der Waals surface area contributed by atoms with Crippen molar-refractivity contribution >= 4 is 17.1 Å². The Morgan fingerprint density at radius 2 is 2.18 bits per heavy atom. The molecule has 1 rings (SSSR count). The van der Waals surface area contributed by atoms with Gasteiger partial charge in [-0.1, -0.05) is 13.8 Å². The van der Waals surface area contributed by atoms with Gasteiger partial charge in [0.1, 0.15) is 0 Å². The molecule has 1 nitrogen and oxygen atoms in total. The van der Waals surface area contributed by atoms with E-state index in [1.54, 1.807) is 6.92 Å². The van der Waals surface area contributed by atoms with Crippen molar-refractivity contribution in [3.05, 3.63) is 21.9 Å². The molecule has 1 aromatic rings. The second-order valence-electron chi connectivity index (χ2n) is 2.92. The van der Waals surface area contributed by atoms with Crippen LogP contribution in [0.4, 0.5) is 0 Å². The Bertz CT molecular complexity index is 260. The maximum absolute atomic E-state index is 11.0. The van der Waals surface area contributed by atoms with Gasteiger partial charge in [0.15, 0.2) is 5.78 Å². The SMILES string of the molecule is CC(=O)c1sccc1C(C)C. The van der Waals surface area contributed by atoms with Crippen molar-refractivity contribution in [1.29, 1.82) is 0 Å². The molecule has 0 unspecified atom stereocenters. The molecule has 2 heteroatoms. The molecule has 0 saturated heterocycles. The van der Waals surface area contributed by atoms with Crippen LogP contribution in [0.1, 0.15) is 41.9 Å².